The summed E-state index contributed by atoms with van der Waals surface area (Å²) in [5.74, 6) is -1.57. The Labute approximate surface area is 190 Å². The highest BCUT2D eigenvalue weighted by Gasteiger charge is 2.45. The molecule has 4 nitrogen and oxygen atoms in total. The van der Waals surface area contributed by atoms with E-state index in [0.717, 1.165) is 5.56 Å². The number of amides is 1. The maximum atomic E-state index is 13.0. The molecule has 1 amide bonds. The molecule has 3 aromatic carbocycles. The minimum Gasteiger partial charge on any atom is -0.507 e. The zero-order valence-corrected chi connectivity index (χ0v) is 18.0. The van der Waals surface area contributed by atoms with Crippen molar-refractivity contribution in [3.63, 3.8) is 0 Å². The van der Waals surface area contributed by atoms with Gasteiger partial charge in [0.15, 0.2) is 0 Å². The predicted molar refractivity (Wildman–Crippen MR) is 122 cm³/mol. The number of rotatable bonds is 5. The first-order valence-electron chi connectivity index (χ1n) is 9.79. The molecule has 156 valence electrons. The average Bonchev–Trinajstić information content (AvgIpc) is 3.04. The topological polar surface area (TPSA) is 57.6 Å². The lowest BCUT2D eigenvalue weighted by atomic mass is 9.95. The van der Waals surface area contributed by atoms with E-state index in [-0.39, 0.29) is 11.3 Å². The smallest absolute Gasteiger partial charge is 0.295 e. The molecule has 1 saturated heterocycles. The molecular weight excluding hydrogens is 433 g/mol. The third-order valence-electron chi connectivity index (χ3n) is 5.33. The number of likely N-dealkylation sites (tertiary alicyclic amines) is 1. The van der Waals surface area contributed by atoms with E-state index in [1.165, 1.54) is 4.90 Å². The molecule has 6 heteroatoms. The van der Waals surface area contributed by atoms with Crippen LogP contribution in [0.25, 0.3) is 5.76 Å². The first-order valence-corrected chi connectivity index (χ1v) is 10.5. The molecule has 1 unspecified atom stereocenters. The summed E-state index contributed by atoms with van der Waals surface area (Å²) in [4.78, 5) is 27.5. The molecule has 0 saturated carbocycles. The monoisotopic (exact) mass is 451 g/mol. The Morgan fingerprint density at radius 2 is 1.42 bits per heavy atom. The second-order valence-electron chi connectivity index (χ2n) is 7.29. The van der Waals surface area contributed by atoms with Crippen molar-refractivity contribution in [3.05, 3.63) is 111 Å². The Morgan fingerprint density at radius 1 is 0.839 bits per heavy atom. The highest BCUT2D eigenvalue weighted by molar-refractivity contribution is 6.46. The fourth-order valence-electron chi connectivity index (χ4n) is 3.76. The van der Waals surface area contributed by atoms with Crippen molar-refractivity contribution < 1.29 is 14.7 Å². The largest absolute Gasteiger partial charge is 0.507 e. The van der Waals surface area contributed by atoms with Gasteiger partial charge in [-0.3, -0.25) is 9.59 Å². The number of ketones is 1. The van der Waals surface area contributed by atoms with Gasteiger partial charge < -0.3 is 10.0 Å². The Bertz CT molecular complexity index is 1140. The summed E-state index contributed by atoms with van der Waals surface area (Å²) in [6, 6.07) is 22.5. The van der Waals surface area contributed by atoms with Crippen LogP contribution in [0, 0.1) is 0 Å². The van der Waals surface area contributed by atoms with Crippen molar-refractivity contribution in [3.8, 4) is 0 Å². The number of aliphatic hydroxyl groups excluding tert-OH is 1. The summed E-state index contributed by atoms with van der Waals surface area (Å²) >= 11 is 12.0. The van der Waals surface area contributed by atoms with Crippen molar-refractivity contribution in [1.29, 1.82) is 0 Å². The normalized spacial score (nSPS) is 17.9. The SMILES string of the molecule is O=C1C(=O)N(CCc2ccccc2)C(c2ccc(Cl)cc2)C1=C(O)c1ccc(Cl)cc1. The van der Waals surface area contributed by atoms with Crippen LogP contribution in [-0.2, 0) is 16.0 Å². The lowest BCUT2D eigenvalue weighted by Gasteiger charge is -2.25. The van der Waals surface area contributed by atoms with Gasteiger partial charge in [-0.05, 0) is 53.9 Å². The molecule has 0 aromatic heterocycles. The number of Topliss-reactive ketones (excluding diaryl/α,β-unsaturated/α-hetero) is 1. The molecule has 4 rings (SSSR count). The van der Waals surface area contributed by atoms with E-state index in [2.05, 4.69) is 0 Å². The third kappa shape index (κ3) is 4.36. The second-order valence-corrected chi connectivity index (χ2v) is 8.16. The maximum absolute atomic E-state index is 13.0. The van der Waals surface area contributed by atoms with E-state index in [4.69, 9.17) is 23.2 Å². The van der Waals surface area contributed by atoms with Crippen LogP contribution in [0.1, 0.15) is 22.7 Å². The van der Waals surface area contributed by atoms with Gasteiger partial charge in [-0.1, -0.05) is 65.7 Å². The minimum absolute atomic E-state index is 0.0581. The van der Waals surface area contributed by atoms with Crippen LogP contribution in [0.15, 0.2) is 84.4 Å². The molecule has 0 radical (unpaired) electrons. The van der Waals surface area contributed by atoms with Crippen molar-refractivity contribution in [2.45, 2.75) is 12.5 Å². The molecule has 1 heterocycles. The predicted octanol–water partition coefficient (Wildman–Crippen LogP) is 5.66. The number of hydrogen-bond donors (Lipinski definition) is 1. The molecule has 0 aliphatic carbocycles. The molecule has 1 aliphatic rings. The van der Waals surface area contributed by atoms with Gasteiger partial charge in [-0.15, -0.1) is 0 Å². The molecular formula is C25H19Cl2NO3. The van der Waals surface area contributed by atoms with Crippen LogP contribution in [-0.4, -0.2) is 28.2 Å². The van der Waals surface area contributed by atoms with E-state index in [0.29, 0.717) is 34.1 Å². The third-order valence-corrected chi connectivity index (χ3v) is 5.83. The van der Waals surface area contributed by atoms with Crippen LogP contribution in [0.3, 0.4) is 0 Å². The van der Waals surface area contributed by atoms with E-state index < -0.39 is 17.7 Å². The average molecular weight is 452 g/mol. The van der Waals surface area contributed by atoms with Crippen molar-refractivity contribution >= 4 is 40.7 Å². The van der Waals surface area contributed by atoms with Crippen LogP contribution < -0.4 is 0 Å². The Balaban J connectivity index is 1.78. The van der Waals surface area contributed by atoms with Gasteiger partial charge in [0.05, 0.1) is 11.6 Å². The molecule has 3 aromatic rings. The summed E-state index contributed by atoms with van der Waals surface area (Å²) in [5, 5.41) is 12.1. The van der Waals surface area contributed by atoms with Gasteiger partial charge in [0, 0.05) is 22.2 Å². The Kier molecular flexibility index (Phi) is 6.12. The number of nitrogens with zero attached hydrogens (tertiary/aromatic N) is 1. The van der Waals surface area contributed by atoms with Crippen LogP contribution in [0.5, 0.6) is 0 Å². The standard InChI is InChI=1S/C25H19Cl2NO3/c26-19-10-6-17(7-11-19)22-21(23(29)18-8-12-20(27)13-9-18)24(30)25(31)28(22)15-14-16-4-2-1-3-5-16/h1-13,22,29H,14-15H2. The number of carbonyl (C=O) groups excluding carboxylic acids is 2. The van der Waals surface area contributed by atoms with Crippen molar-refractivity contribution in [2.24, 2.45) is 0 Å². The van der Waals surface area contributed by atoms with Gasteiger partial charge in [0.25, 0.3) is 11.7 Å². The van der Waals surface area contributed by atoms with Gasteiger partial charge in [0.1, 0.15) is 5.76 Å². The van der Waals surface area contributed by atoms with E-state index >= 15 is 0 Å². The fraction of sp³-hybridized carbons (Fsp3) is 0.120. The minimum atomic E-state index is -0.711. The lowest BCUT2D eigenvalue weighted by molar-refractivity contribution is -0.139. The van der Waals surface area contributed by atoms with E-state index in [1.54, 1.807) is 48.5 Å². The molecule has 1 fully saturated rings. The number of hydrogen-bond acceptors (Lipinski definition) is 3. The van der Waals surface area contributed by atoms with E-state index in [1.807, 2.05) is 30.3 Å². The molecule has 0 bridgehead atoms. The van der Waals surface area contributed by atoms with Gasteiger partial charge >= 0.3 is 0 Å². The van der Waals surface area contributed by atoms with Gasteiger partial charge in [-0.25, -0.2) is 0 Å². The van der Waals surface area contributed by atoms with E-state index in [9.17, 15) is 14.7 Å². The summed E-state index contributed by atoms with van der Waals surface area (Å²) in [7, 11) is 0. The second kappa shape index (κ2) is 8.96. The Hall–Kier alpha value is -3.08. The highest BCUT2D eigenvalue weighted by Crippen LogP contribution is 2.39. The summed E-state index contributed by atoms with van der Waals surface area (Å²) in [5.41, 5.74) is 2.23. The summed E-state index contributed by atoms with van der Waals surface area (Å²) in [6.07, 6.45) is 0.582. The van der Waals surface area contributed by atoms with Crippen LogP contribution >= 0.6 is 23.2 Å². The maximum Gasteiger partial charge on any atom is 0.295 e. The van der Waals surface area contributed by atoms with Gasteiger partial charge in [-0.2, -0.15) is 0 Å². The molecule has 1 N–H and O–H groups in total. The van der Waals surface area contributed by atoms with Crippen LogP contribution in [0.2, 0.25) is 10.0 Å². The Morgan fingerprint density at radius 3 is 2.03 bits per heavy atom. The molecule has 0 spiro atoms. The zero-order chi connectivity index (χ0) is 22.0. The van der Waals surface area contributed by atoms with Gasteiger partial charge in [0.2, 0.25) is 0 Å². The first-order chi connectivity index (χ1) is 15.0. The summed E-state index contributed by atoms with van der Waals surface area (Å²) in [6.45, 7) is 0.333. The number of aliphatic hydroxyl groups is 1. The van der Waals surface area contributed by atoms with Crippen molar-refractivity contribution in [1.82, 2.24) is 4.90 Å². The number of halogens is 2. The summed E-state index contributed by atoms with van der Waals surface area (Å²) < 4.78 is 0. The first kappa shape index (κ1) is 21.2. The lowest BCUT2D eigenvalue weighted by Crippen LogP contribution is -2.31. The quantitative estimate of drug-likeness (QED) is 0.309. The van der Waals surface area contributed by atoms with Crippen LogP contribution in [0.4, 0.5) is 0 Å². The molecule has 1 atom stereocenters. The molecule has 1 aliphatic heterocycles. The number of benzene rings is 3. The zero-order valence-electron chi connectivity index (χ0n) is 16.5. The fourth-order valence-corrected chi connectivity index (χ4v) is 4.01. The number of carbonyl (C=O) groups is 2. The highest BCUT2D eigenvalue weighted by atomic mass is 35.5. The molecule has 31 heavy (non-hydrogen) atoms. The van der Waals surface area contributed by atoms with Crippen molar-refractivity contribution in [2.75, 3.05) is 6.54 Å².